The van der Waals surface area contributed by atoms with E-state index < -0.39 is 5.97 Å². The van der Waals surface area contributed by atoms with Crippen LogP contribution in [0.3, 0.4) is 0 Å². The van der Waals surface area contributed by atoms with E-state index in [1.807, 2.05) is 12.1 Å². The molecule has 0 unspecified atom stereocenters. The first-order valence-electron chi connectivity index (χ1n) is 7.84. The number of nitrogens with zero attached hydrogens (tertiary/aromatic N) is 1. The van der Waals surface area contributed by atoms with Gasteiger partial charge in [0.05, 0.1) is 18.2 Å². The predicted molar refractivity (Wildman–Crippen MR) is 95.6 cm³/mol. The molecule has 132 valence electrons. The Labute approximate surface area is 154 Å². The van der Waals surface area contributed by atoms with Crippen molar-refractivity contribution in [2.24, 2.45) is 5.92 Å². The predicted octanol–water partition coefficient (Wildman–Crippen LogP) is 3.47. The van der Waals surface area contributed by atoms with Crippen LogP contribution in [0.4, 0.5) is 5.13 Å². The number of esters is 1. The zero-order valence-electron chi connectivity index (χ0n) is 13.8. The molecule has 2 aromatic rings. The van der Waals surface area contributed by atoms with Crippen LogP contribution in [0.25, 0.3) is 0 Å². The van der Waals surface area contributed by atoms with Crippen LogP contribution in [0.5, 0.6) is 5.75 Å². The molecule has 0 bridgehead atoms. The van der Waals surface area contributed by atoms with Gasteiger partial charge in [0, 0.05) is 5.02 Å². The van der Waals surface area contributed by atoms with E-state index in [0.717, 1.165) is 22.6 Å². The van der Waals surface area contributed by atoms with Crippen LogP contribution in [0.1, 0.15) is 27.9 Å². The van der Waals surface area contributed by atoms with Crippen molar-refractivity contribution in [1.29, 1.82) is 0 Å². The third-order valence-corrected chi connectivity index (χ3v) is 5.08. The third-order valence-electron chi connectivity index (χ3n) is 3.79. The Morgan fingerprint density at radius 2 is 2.28 bits per heavy atom. The average Bonchev–Trinajstić information content (AvgIpc) is 2.94. The quantitative estimate of drug-likeness (QED) is 0.822. The lowest BCUT2D eigenvalue weighted by Gasteiger charge is -2.24. The summed E-state index contributed by atoms with van der Waals surface area (Å²) in [6.45, 7) is 4.03. The molecule has 0 fully saturated rings. The molecule has 1 aromatic heterocycles. The Balaban J connectivity index is 1.69. The number of fused-ring (bicyclic) bond motifs is 1. The second kappa shape index (κ2) is 7.41. The first-order valence-corrected chi connectivity index (χ1v) is 9.04. The highest BCUT2D eigenvalue weighted by molar-refractivity contribution is 7.17. The summed E-state index contributed by atoms with van der Waals surface area (Å²) in [5.41, 5.74) is 1.44. The number of carbonyl (C=O) groups is 2. The van der Waals surface area contributed by atoms with Gasteiger partial charge in [-0.3, -0.25) is 4.79 Å². The number of aromatic nitrogens is 1. The first kappa shape index (κ1) is 17.7. The van der Waals surface area contributed by atoms with E-state index in [1.54, 1.807) is 19.9 Å². The largest absolute Gasteiger partial charge is 0.492 e. The van der Waals surface area contributed by atoms with Crippen LogP contribution in [0.15, 0.2) is 18.2 Å². The second-order valence-corrected chi connectivity index (χ2v) is 7.04. The van der Waals surface area contributed by atoms with Crippen LogP contribution in [0.2, 0.25) is 5.02 Å². The minimum absolute atomic E-state index is 0.199. The fraction of sp³-hybridized carbons (Fsp3) is 0.353. The summed E-state index contributed by atoms with van der Waals surface area (Å²) in [7, 11) is 0. The van der Waals surface area contributed by atoms with E-state index in [0.29, 0.717) is 33.8 Å². The second-order valence-electron chi connectivity index (χ2n) is 5.61. The molecule has 1 amide bonds. The molecule has 2 heterocycles. The lowest BCUT2D eigenvalue weighted by molar-refractivity contribution is -0.121. The molecule has 6 nitrogen and oxygen atoms in total. The van der Waals surface area contributed by atoms with E-state index >= 15 is 0 Å². The van der Waals surface area contributed by atoms with Crippen molar-refractivity contribution in [1.82, 2.24) is 4.98 Å². The zero-order valence-corrected chi connectivity index (χ0v) is 15.4. The molecule has 0 saturated carbocycles. The van der Waals surface area contributed by atoms with E-state index in [-0.39, 0.29) is 18.4 Å². The number of rotatable bonds is 4. The van der Waals surface area contributed by atoms with Gasteiger partial charge in [-0.25, -0.2) is 9.78 Å². The Morgan fingerprint density at radius 3 is 3.04 bits per heavy atom. The SMILES string of the molecule is CCOC(=O)c1sc(NC(=O)[C@@H]2COc3ccc(Cl)cc3C2)nc1C. The smallest absolute Gasteiger partial charge is 0.350 e. The number of carbonyl (C=O) groups excluding carboxylic acids is 2. The number of hydrogen-bond acceptors (Lipinski definition) is 6. The molecule has 1 N–H and O–H groups in total. The molecule has 8 heteroatoms. The minimum Gasteiger partial charge on any atom is -0.492 e. The van der Waals surface area contributed by atoms with E-state index in [4.69, 9.17) is 21.1 Å². The van der Waals surface area contributed by atoms with Crippen molar-refractivity contribution in [3.8, 4) is 5.75 Å². The van der Waals surface area contributed by atoms with Gasteiger partial charge in [0.2, 0.25) is 5.91 Å². The van der Waals surface area contributed by atoms with Gasteiger partial charge in [0.25, 0.3) is 0 Å². The van der Waals surface area contributed by atoms with E-state index in [9.17, 15) is 9.59 Å². The van der Waals surface area contributed by atoms with Crippen molar-refractivity contribution in [3.63, 3.8) is 0 Å². The molecule has 1 aliphatic rings. The van der Waals surface area contributed by atoms with Crippen molar-refractivity contribution in [3.05, 3.63) is 39.4 Å². The minimum atomic E-state index is -0.428. The summed E-state index contributed by atoms with van der Waals surface area (Å²) >= 11 is 7.11. The molecular weight excluding hydrogens is 364 g/mol. The Hall–Kier alpha value is -2.12. The number of amides is 1. The molecule has 1 atom stereocenters. The maximum atomic E-state index is 12.5. The van der Waals surface area contributed by atoms with Crippen molar-refractivity contribution < 1.29 is 19.1 Å². The number of hydrogen-bond donors (Lipinski definition) is 1. The Morgan fingerprint density at radius 1 is 1.48 bits per heavy atom. The van der Waals surface area contributed by atoms with Gasteiger partial charge >= 0.3 is 5.97 Å². The highest BCUT2D eigenvalue weighted by Gasteiger charge is 2.27. The number of thiazole rings is 1. The van der Waals surface area contributed by atoms with Crippen LogP contribution < -0.4 is 10.1 Å². The third kappa shape index (κ3) is 3.93. The molecule has 1 aromatic carbocycles. The van der Waals surface area contributed by atoms with E-state index in [2.05, 4.69) is 10.3 Å². The van der Waals surface area contributed by atoms with Gasteiger partial charge < -0.3 is 14.8 Å². The fourth-order valence-corrected chi connectivity index (χ4v) is 3.63. The van der Waals surface area contributed by atoms with Gasteiger partial charge in [-0.15, -0.1) is 0 Å². The molecule has 3 rings (SSSR count). The monoisotopic (exact) mass is 380 g/mol. The number of nitrogens with one attached hydrogen (secondary N) is 1. The lowest BCUT2D eigenvalue weighted by atomic mass is 9.96. The first-order chi connectivity index (χ1) is 12.0. The number of benzene rings is 1. The molecule has 0 radical (unpaired) electrons. The summed E-state index contributed by atoms with van der Waals surface area (Å²) in [5.74, 6) is -0.221. The summed E-state index contributed by atoms with van der Waals surface area (Å²) in [4.78, 5) is 29.0. The van der Waals surface area contributed by atoms with Crippen LogP contribution in [-0.4, -0.2) is 30.1 Å². The van der Waals surface area contributed by atoms with Gasteiger partial charge in [-0.1, -0.05) is 22.9 Å². The van der Waals surface area contributed by atoms with Gasteiger partial charge in [0.1, 0.15) is 17.2 Å². The topological polar surface area (TPSA) is 77.5 Å². The fourth-order valence-electron chi connectivity index (χ4n) is 2.57. The lowest BCUT2D eigenvalue weighted by Crippen LogP contribution is -2.32. The Bertz CT molecular complexity index is 821. The van der Waals surface area contributed by atoms with Gasteiger partial charge in [-0.05, 0) is 44.0 Å². The maximum absolute atomic E-state index is 12.5. The van der Waals surface area contributed by atoms with Crippen molar-refractivity contribution in [2.45, 2.75) is 20.3 Å². The number of anilines is 1. The molecule has 0 aliphatic carbocycles. The molecule has 1 aliphatic heterocycles. The van der Waals surface area contributed by atoms with Crippen molar-refractivity contribution in [2.75, 3.05) is 18.5 Å². The molecular formula is C17H17ClN2O4S. The molecule has 0 saturated heterocycles. The average molecular weight is 381 g/mol. The summed E-state index contributed by atoms with van der Waals surface area (Å²) in [6, 6.07) is 5.38. The van der Waals surface area contributed by atoms with Crippen LogP contribution in [0, 0.1) is 12.8 Å². The van der Waals surface area contributed by atoms with Gasteiger partial charge in [0.15, 0.2) is 5.13 Å². The Kier molecular flexibility index (Phi) is 5.24. The van der Waals surface area contributed by atoms with E-state index in [1.165, 1.54) is 0 Å². The van der Waals surface area contributed by atoms with Crippen LogP contribution in [-0.2, 0) is 16.0 Å². The van der Waals surface area contributed by atoms with Crippen molar-refractivity contribution >= 4 is 39.9 Å². The normalized spacial score (nSPS) is 15.9. The number of halogens is 1. The highest BCUT2D eigenvalue weighted by Crippen LogP contribution is 2.31. The maximum Gasteiger partial charge on any atom is 0.350 e. The summed E-state index contributed by atoms with van der Waals surface area (Å²) < 4.78 is 10.6. The van der Waals surface area contributed by atoms with Crippen LogP contribution >= 0.6 is 22.9 Å². The molecule has 25 heavy (non-hydrogen) atoms. The number of ether oxygens (including phenoxy) is 2. The number of aryl methyl sites for hydroxylation is 1. The standard InChI is InChI=1S/C17H17ClN2O4S/c1-3-23-16(22)14-9(2)19-17(25-14)20-15(21)11-6-10-7-12(18)4-5-13(10)24-8-11/h4-5,7,11H,3,6,8H2,1-2H3,(H,19,20,21)/t11-/m0/s1. The van der Waals surface area contributed by atoms with Gasteiger partial charge in [-0.2, -0.15) is 0 Å². The summed E-state index contributed by atoms with van der Waals surface area (Å²) in [6.07, 6.45) is 0.539. The zero-order chi connectivity index (χ0) is 18.0. The summed E-state index contributed by atoms with van der Waals surface area (Å²) in [5, 5.41) is 3.75. The molecule has 0 spiro atoms. The highest BCUT2D eigenvalue weighted by atomic mass is 35.5.